The van der Waals surface area contributed by atoms with E-state index in [2.05, 4.69) is 5.32 Å². The first-order valence-corrected chi connectivity index (χ1v) is 5.98. The first-order valence-electron chi connectivity index (χ1n) is 5.98. The van der Waals surface area contributed by atoms with Crippen LogP contribution in [-0.4, -0.2) is 11.0 Å². The second kappa shape index (κ2) is 5.44. The first-order chi connectivity index (χ1) is 9.06. The normalized spacial score (nSPS) is 11.8. The van der Waals surface area contributed by atoms with E-state index in [1.54, 1.807) is 18.2 Å². The monoisotopic (exact) mass is 256 g/mol. The molecule has 98 valence electrons. The van der Waals surface area contributed by atoms with E-state index in [9.17, 15) is 9.90 Å². The number of amides is 1. The van der Waals surface area contributed by atoms with Crippen molar-refractivity contribution in [2.45, 2.75) is 13.0 Å². The lowest BCUT2D eigenvalue weighted by atomic mass is 10.1. The number of phenolic OH excluding ortho intramolecular Hbond substituents is 1. The van der Waals surface area contributed by atoms with Gasteiger partial charge in [-0.1, -0.05) is 29.8 Å². The third-order valence-electron chi connectivity index (χ3n) is 2.85. The van der Waals surface area contributed by atoms with Crippen molar-refractivity contribution in [2.24, 2.45) is 5.73 Å². The molecule has 0 aromatic heterocycles. The molecule has 0 spiro atoms. The van der Waals surface area contributed by atoms with Crippen molar-refractivity contribution in [3.8, 4) is 5.75 Å². The molecule has 0 aliphatic heterocycles. The molecule has 4 N–H and O–H groups in total. The number of aryl methyl sites for hydroxylation is 1. The zero-order valence-electron chi connectivity index (χ0n) is 10.6. The fraction of sp³-hybridized carbons (Fsp3) is 0.133. The summed E-state index contributed by atoms with van der Waals surface area (Å²) in [6, 6.07) is 13.5. The van der Waals surface area contributed by atoms with Crippen LogP contribution in [0.1, 0.15) is 17.2 Å². The SMILES string of the molecule is Cc1ccc(NC(C(N)=O)c2cccc(O)c2)cc1. The standard InChI is InChI=1S/C15H16N2O2/c1-10-5-7-12(8-6-10)17-14(15(16)19)11-3-2-4-13(18)9-11/h2-9,14,17-18H,1H3,(H2,16,19). The molecule has 0 fully saturated rings. The van der Waals surface area contributed by atoms with Crippen LogP contribution >= 0.6 is 0 Å². The summed E-state index contributed by atoms with van der Waals surface area (Å²) in [5.41, 5.74) is 7.99. The minimum Gasteiger partial charge on any atom is -0.508 e. The van der Waals surface area contributed by atoms with Crippen LogP contribution in [0.3, 0.4) is 0 Å². The molecule has 4 nitrogen and oxygen atoms in total. The first kappa shape index (κ1) is 13.0. The molecule has 1 atom stereocenters. The number of benzene rings is 2. The van der Waals surface area contributed by atoms with Gasteiger partial charge in [0.05, 0.1) is 0 Å². The van der Waals surface area contributed by atoms with E-state index >= 15 is 0 Å². The average molecular weight is 256 g/mol. The van der Waals surface area contributed by atoms with Gasteiger partial charge >= 0.3 is 0 Å². The van der Waals surface area contributed by atoms with Gasteiger partial charge in [-0.2, -0.15) is 0 Å². The van der Waals surface area contributed by atoms with Gasteiger partial charge in [0, 0.05) is 5.69 Å². The Labute approximate surface area is 111 Å². The largest absolute Gasteiger partial charge is 0.508 e. The maximum absolute atomic E-state index is 11.6. The maximum atomic E-state index is 11.6. The molecule has 0 heterocycles. The lowest BCUT2D eigenvalue weighted by Crippen LogP contribution is -2.27. The molecule has 0 saturated heterocycles. The molecule has 0 bridgehead atoms. The van der Waals surface area contributed by atoms with Gasteiger partial charge in [0.15, 0.2) is 0 Å². The van der Waals surface area contributed by atoms with Crippen LogP contribution in [-0.2, 0) is 4.79 Å². The summed E-state index contributed by atoms with van der Waals surface area (Å²) in [5.74, 6) is -0.388. The molecule has 1 unspecified atom stereocenters. The van der Waals surface area contributed by atoms with Crippen molar-refractivity contribution in [1.29, 1.82) is 0 Å². The predicted octanol–water partition coefficient (Wildman–Crippen LogP) is 2.34. The van der Waals surface area contributed by atoms with Crippen LogP contribution in [0, 0.1) is 6.92 Å². The van der Waals surface area contributed by atoms with Crippen LogP contribution in [0.4, 0.5) is 5.69 Å². The van der Waals surface area contributed by atoms with Gasteiger partial charge in [-0.3, -0.25) is 4.79 Å². The summed E-state index contributed by atoms with van der Waals surface area (Å²) < 4.78 is 0. The molecule has 0 aliphatic carbocycles. The van der Waals surface area contributed by atoms with Gasteiger partial charge in [0.2, 0.25) is 5.91 Å². The zero-order valence-corrected chi connectivity index (χ0v) is 10.6. The Morgan fingerprint density at radius 3 is 2.47 bits per heavy atom. The quantitative estimate of drug-likeness (QED) is 0.786. The lowest BCUT2D eigenvalue weighted by Gasteiger charge is -2.17. The summed E-state index contributed by atoms with van der Waals surface area (Å²) in [6.45, 7) is 1.99. The number of carbonyl (C=O) groups is 1. The molecule has 2 rings (SSSR count). The molecule has 19 heavy (non-hydrogen) atoms. The van der Waals surface area contributed by atoms with E-state index in [0.29, 0.717) is 5.56 Å². The highest BCUT2D eigenvalue weighted by Gasteiger charge is 2.17. The highest BCUT2D eigenvalue weighted by atomic mass is 16.3. The highest BCUT2D eigenvalue weighted by Crippen LogP contribution is 2.22. The van der Waals surface area contributed by atoms with E-state index in [4.69, 9.17) is 5.73 Å². The van der Waals surface area contributed by atoms with Crippen LogP contribution in [0.15, 0.2) is 48.5 Å². The zero-order chi connectivity index (χ0) is 13.8. The van der Waals surface area contributed by atoms with Crippen LogP contribution in [0.25, 0.3) is 0 Å². The Balaban J connectivity index is 2.26. The van der Waals surface area contributed by atoms with E-state index in [1.807, 2.05) is 31.2 Å². The third-order valence-corrected chi connectivity index (χ3v) is 2.85. The second-order valence-electron chi connectivity index (χ2n) is 4.44. The highest BCUT2D eigenvalue weighted by molar-refractivity contribution is 5.84. The van der Waals surface area contributed by atoms with E-state index in [-0.39, 0.29) is 5.75 Å². The van der Waals surface area contributed by atoms with Crippen LogP contribution < -0.4 is 11.1 Å². The van der Waals surface area contributed by atoms with Crippen molar-refractivity contribution in [1.82, 2.24) is 0 Å². The fourth-order valence-corrected chi connectivity index (χ4v) is 1.84. The Kier molecular flexibility index (Phi) is 3.71. The van der Waals surface area contributed by atoms with Crippen molar-refractivity contribution >= 4 is 11.6 Å². The van der Waals surface area contributed by atoms with Crippen LogP contribution in [0.5, 0.6) is 5.75 Å². The van der Waals surface area contributed by atoms with Crippen molar-refractivity contribution in [3.05, 3.63) is 59.7 Å². The Morgan fingerprint density at radius 2 is 1.89 bits per heavy atom. The van der Waals surface area contributed by atoms with Crippen LogP contribution in [0.2, 0.25) is 0 Å². The predicted molar refractivity (Wildman–Crippen MR) is 74.8 cm³/mol. The number of nitrogens with two attached hydrogens (primary N) is 1. The molecule has 0 radical (unpaired) electrons. The topological polar surface area (TPSA) is 75.3 Å². The summed E-state index contributed by atoms with van der Waals surface area (Å²) >= 11 is 0. The number of hydrogen-bond donors (Lipinski definition) is 3. The van der Waals surface area contributed by atoms with Gasteiger partial charge in [-0.05, 0) is 36.8 Å². The second-order valence-corrected chi connectivity index (χ2v) is 4.44. The molecule has 0 saturated carbocycles. The van der Waals surface area contributed by atoms with E-state index in [1.165, 1.54) is 6.07 Å². The number of rotatable bonds is 4. The molecule has 0 aliphatic rings. The summed E-state index contributed by atoms with van der Waals surface area (Å²) in [4.78, 5) is 11.6. The maximum Gasteiger partial charge on any atom is 0.244 e. The molecule has 1 amide bonds. The fourth-order valence-electron chi connectivity index (χ4n) is 1.84. The number of hydrogen-bond acceptors (Lipinski definition) is 3. The van der Waals surface area contributed by atoms with Gasteiger partial charge in [-0.15, -0.1) is 0 Å². The Bertz CT molecular complexity index is 579. The van der Waals surface area contributed by atoms with Gasteiger partial charge < -0.3 is 16.2 Å². The molecule has 2 aromatic rings. The third kappa shape index (κ3) is 3.25. The number of phenols is 1. The number of nitrogens with one attached hydrogen (secondary N) is 1. The number of carbonyl (C=O) groups excluding carboxylic acids is 1. The number of anilines is 1. The van der Waals surface area contributed by atoms with E-state index < -0.39 is 11.9 Å². The average Bonchev–Trinajstić information content (AvgIpc) is 2.37. The number of aromatic hydroxyl groups is 1. The van der Waals surface area contributed by atoms with Crippen molar-refractivity contribution in [3.63, 3.8) is 0 Å². The Morgan fingerprint density at radius 1 is 1.21 bits per heavy atom. The summed E-state index contributed by atoms with van der Waals surface area (Å²) in [7, 11) is 0. The van der Waals surface area contributed by atoms with Gasteiger partial charge in [0.1, 0.15) is 11.8 Å². The summed E-state index contributed by atoms with van der Waals surface area (Å²) in [6.07, 6.45) is 0. The van der Waals surface area contributed by atoms with Crippen molar-refractivity contribution in [2.75, 3.05) is 5.32 Å². The Hall–Kier alpha value is -2.49. The van der Waals surface area contributed by atoms with Gasteiger partial charge in [0.25, 0.3) is 0 Å². The minimum absolute atomic E-state index is 0.106. The molecule has 4 heteroatoms. The van der Waals surface area contributed by atoms with Gasteiger partial charge in [-0.25, -0.2) is 0 Å². The van der Waals surface area contributed by atoms with E-state index in [0.717, 1.165) is 11.3 Å². The minimum atomic E-state index is -0.671. The molecular formula is C15H16N2O2. The lowest BCUT2D eigenvalue weighted by molar-refractivity contribution is -0.118. The molecular weight excluding hydrogens is 240 g/mol. The molecule has 2 aromatic carbocycles. The smallest absolute Gasteiger partial charge is 0.244 e. The summed E-state index contributed by atoms with van der Waals surface area (Å²) in [5, 5.41) is 12.5. The van der Waals surface area contributed by atoms with Crippen molar-refractivity contribution < 1.29 is 9.90 Å². The number of primary amides is 1.